The number of Topliss-reactive ketones (excluding diaryl/α,β-unsaturated/α-hetero) is 1. The van der Waals surface area contributed by atoms with E-state index in [1.54, 1.807) is 13.2 Å². The van der Waals surface area contributed by atoms with Crippen LogP contribution in [0.2, 0.25) is 0 Å². The van der Waals surface area contributed by atoms with Crippen molar-refractivity contribution in [2.75, 3.05) is 12.4 Å². The van der Waals surface area contributed by atoms with E-state index in [0.29, 0.717) is 11.4 Å². The van der Waals surface area contributed by atoms with Crippen LogP contribution in [0.1, 0.15) is 13.3 Å². The summed E-state index contributed by atoms with van der Waals surface area (Å²) in [5.74, 6) is 0.0782. The molecule has 0 fully saturated rings. The van der Waals surface area contributed by atoms with Gasteiger partial charge in [0, 0.05) is 5.39 Å². The van der Waals surface area contributed by atoms with Crippen LogP contribution in [0.3, 0.4) is 0 Å². The summed E-state index contributed by atoms with van der Waals surface area (Å²) >= 11 is 0. The highest BCUT2D eigenvalue weighted by atomic mass is 16.5. The fourth-order valence-electron chi connectivity index (χ4n) is 1.96. The van der Waals surface area contributed by atoms with Crippen LogP contribution in [0.4, 0.5) is 5.69 Å². The van der Waals surface area contributed by atoms with Gasteiger partial charge in [-0.3, -0.25) is 9.59 Å². The molecule has 0 aliphatic carbocycles. The SMILES string of the molecule is COc1ccc2ccccc2c1NC(=O)CC(C)=O. The van der Waals surface area contributed by atoms with Crippen molar-refractivity contribution in [1.82, 2.24) is 0 Å². The van der Waals surface area contributed by atoms with E-state index in [-0.39, 0.29) is 18.1 Å². The Kier molecular flexibility index (Phi) is 3.80. The van der Waals surface area contributed by atoms with Crippen molar-refractivity contribution >= 4 is 28.2 Å². The van der Waals surface area contributed by atoms with Crippen molar-refractivity contribution in [2.24, 2.45) is 0 Å². The molecule has 4 nitrogen and oxygen atoms in total. The van der Waals surface area contributed by atoms with Crippen LogP contribution >= 0.6 is 0 Å². The van der Waals surface area contributed by atoms with Crippen LogP contribution < -0.4 is 10.1 Å². The van der Waals surface area contributed by atoms with Gasteiger partial charge in [0.05, 0.1) is 19.2 Å². The molecule has 0 radical (unpaired) electrons. The van der Waals surface area contributed by atoms with Crippen LogP contribution in [-0.4, -0.2) is 18.8 Å². The largest absolute Gasteiger partial charge is 0.495 e. The average molecular weight is 257 g/mol. The summed E-state index contributed by atoms with van der Waals surface area (Å²) < 4.78 is 5.26. The van der Waals surface area contributed by atoms with Crippen LogP contribution in [0.15, 0.2) is 36.4 Å². The molecule has 98 valence electrons. The lowest BCUT2D eigenvalue weighted by molar-refractivity contribution is -0.124. The number of carbonyl (C=O) groups excluding carboxylic acids is 2. The molecule has 0 saturated carbocycles. The van der Waals surface area contributed by atoms with Gasteiger partial charge in [-0.15, -0.1) is 0 Å². The highest BCUT2D eigenvalue weighted by Crippen LogP contribution is 2.33. The number of carbonyl (C=O) groups is 2. The Morgan fingerprint density at radius 1 is 1.16 bits per heavy atom. The first-order valence-corrected chi connectivity index (χ1v) is 5.97. The third-order valence-corrected chi connectivity index (χ3v) is 2.78. The van der Waals surface area contributed by atoms with E-state index >= 15 is 0 Å². The topological polar surface area (TPSA) is 55.4 Å². The summed E-state index contributed by atoms with van der Waals surface area (Å²) in [6.45, 7) is 1.39. The van der Waals surface area contributed by atoms with Gasteiger partial charge < -0.3 is 10.1 Å². The molecular weight excluding hydrogens is 242 g/mol. The minimum Gasteiger partial charge on any atom is -0.495 e. The van der Waals surface area contributed by atoms with Gasteiger partial charge in [-0.1, -0.05) is 30.3 Å². The molecule has 2 aromatic rings. The van der Waals surface area contributed by atoms with E-state index in [2.05, 4.69) is 5.32 Å². The molecule has 0 aromatic heterocycles. The summed E-state index contributed by atoms with van der Waals surface area (Å²) in [5.41, 5.74) is 0.604. The second-order valence-corrected chi connectivity index (χ2v) is 4.29. The number of hydrogen-bond donors (Lipinski definition) is 1. The monoisotopic (exact) mass is 257 g/mol. The normalized spacial score (nSPS) is 10.2. The van der Waals surface area contributed by atoms with Crippen molar-refractivity contribution in [2.45, 2.75) is 13.3 Å². The standard InChI is InChI=1S/C15H15NO3/c1-10(17)9-14(18)16-15-12-6-4-3-5-11(12)7-8-13(15)19-2/h3-8H,9H2,1-2H3,(H,16,18). The van der Waals surface area contributed by atoms with Gasteiger partial charge in [-0.05, 0) is 18.4 Å². The third-order valence-electron chi connectivity index (χ3n) is 2.78. The highest BCUT2D eigenvalue weighted by Gasteiger charge is 2.12. The van der Waals surface area contributed by atoms with Crippen LogP contribution in [-0.2, 0) is 9.59 Å². The van der Waals surface area contributed by atoms with E-state index in [4.69, 9.17) is 4.74 Å². The number of benzene rings is 2. The predicted octanol–water partition coefficient (Wildman–Crippen LogP) is 2.77. The Hall–Kier alpha value is -2.36. The van der Waals surface area contributed by atoms with Gasteiger partial charge in [-0.25, -0.2) is 0 Å². The number of nitrogens with one attached hydrogen (secondary N) is 1. The molecule has 0 spiro atoms. The molecule has 0 aliphatic heterocycles. The van der Waals surface area contributed by atoms with Gasteiger partial charge in [-0.2, -0.15) is 0 Å². The number of rotatable bonds is 4. The maximum Gasteiger partial charge on any atom is 0.231 e. The number of ether oxygens (including phenoxy) is 1. The lowest BCUT2D eigenvalue weighted by Gasteiger charge is -2.12. The van der Waals surface area contributed by atoms with E-state index < -0.39 is 0 Å². The van der Waals surface area contributed by atoms with Crippen molar-refractivity contribution < 1.29 is 14.3 Å². The Morgan fingerprint density at radius 3 is 2.58 bits per heavy atom. The lowest BCUT2D eigenvalue weighted by Crippen LogP contribution is -2.15. The van der Waals surface area contributed by atoms with Crippen LogP contribution in [0, 0.1) is 0 Å². The fraction of sp³-hybridized carbons (Fsp3) is 0.200. The zero-order chi connectivity index (χ0) is 13.8. The van der Waals surface area contributed by atoms with Crippen molar-refractivity contribution in [3.63, 3.8) is 0 Å². The molecule has 1 N–H and O–H groups in total. The van der Waals surface area contributed by atoms with Crippen molar-refractivity contribution in [3.8, 4) is 5.75 Å². The second-order valence-electron chi connectivity index (χ2n) is 4.29. The molecule has 4 heteroatoms. The first-order chi connectivity index (χ1) is 9.11. The van der Waals surface area contributed by atoms with Crippen LogP contribution in [0.5, 0.6) is 5.75 Å². The van der Waals surface area contributed by atoms with Crippen molar-refractivity contribution in [3.05, 3.63) is 36.4 Å². The first-order valence-electron chi connectivity index (χ1n) is 5.97. The molecule has 0 unspecified atom stereocenters. The average Bonchev–Trinajstić information content (AvgIpc) is 2.38. The number of hydrogen-bond acceptors (Lipinski definition) is 3. The molecule has 1 amide bonds. The van der Waals surface area contributed by atoms with Gasteiger partial charge in [0.2, 0.25) is 5.91 Å². The third kappa shape index (κ3) is 2.91. The molecule has 0 atom stereocenters. The molecule has 0 bridgehead atoms. The van der Waals surface area contributed by atoms with E-state index in [1.165, 1.54) is 6.92 Å². The van der Waals surface area contributed by atoms with E-state index in [1.807, 2.05) is 30.3 Å². The van der Waals surface area contributed by atoms with Crippen LogP contribution in [0.25, 0.3) is 10.8 Å². The molecule has 0 heterocycles. The smallest absolute Gasteiger partial charge is 0.231 e. The Balaban J connectivity index is 2.44. The lowest BCUT2D eigenvalue weighted by atomic mass is 10.1. The zero-order valence-corrected chi connectivity index (χ0v) is 10.9. The maximum atomic E-state index is 11.7. The minimum atomic E-state index is -0.331. The minimum absolute atomic E-state index is 0.133. The Labute approximate surface area is 111 Å². The zero-order valence-electron chi connectivity index (χ0n) is 10.9. The number of amides is 1. The van der Waals surface area contributed by atoms with Gasteiger partial charge >= 0.3 is 0 Å². The summed E-state index contributed by atoms with van der Waals surface area (Å²) in [7, 11) is 1.55. The van der Waals surface area contributed by atoms with Gasteiger partial charge in [0.15, 0.2) is 0 Å². The maximum absolute atomic E-state index is 11.7. The summed E-state index contributed by atoms with van der Waals surface area (Å²) in [5, 5.41) is 4.64. The fourth-order valence-corrected chi connectivity index (χ4v) is 1.96. The molecule has 0 saturated heterocycles. The quantitative estimate of drug-likeness (QED) is 0.857. The molecule has 2 rings (SSSR count). The Bertz CT molecular complexity index is 634. The number of methoxy groups -OCH3 is 1. The molecule has 0 aliphatic rings. The first kappa shape index (κ1) is 13.1. The number of fused-ring (bicyclic) bond motifs is 1. The highest BCUT2D eigenvalue weighted by molar-refractivity contribution is 6.09. The van der Waals surface area contributed by atoms with E-state index in [9.17, 15) is 9.59 Å². The second kappa shape index (κ2) is 5.52. The summed E-state index contributed by atoms with van der Waals surface area (Å²) in [6, 6.07) is 11.4. The summed E-state index contributed by atoms with van der Waals surface area (Å²) in [6.07, 6.45) is -0.133. The van der Waals surface area contributed by atoms with E-state index in [0.717, 1.165) is 10.8 Å². The molecular formula is C15H15NO3. The van der Waals surface area contributed by atoms with Crippen molar-refractivity contribution in [1.29, 1.82) is 0 Å². The number of anilines is 1. The Morgan fingerprint density at radius 2 is 1.89 bits per heavy atom. The predicted molar refractivity (Wildman–Crippen MR) is 74.4 cm³/mol. The summed E-state index contributed by atoms with van der Waals surface area (Å²) in [4.78, 5) is 22.7. The van der Waals surface area contributed by atoms with Gasteiger partial charge in [0.1, 0.15) is 11.5 Å². The number of ketones is 1. The van der Waals surface area contributed by atoms with Gasteiger partial charge in [0.25, 0.3) is 0 Å². The molecule has 19 heavy (non-hydrogen) atoms. The molecule has 2 aromatic carbocycles.